The molecule has 2 amide bonds. The predicted molar refractivity (Wildman–Crippen MR) is 66.6 cm³/mol. The van der Waals surface area contributed by atoms with Crippen molar-refractivity contribution in [1.29, 1.82) is 0 Å². The Balaban J connectivity index is 2.79. The summed E-state index contributed by atoms with van der Waals surface area (Å²) in [5.41, 5.74) is 10.5. The van der Waals surface area contributed by atoms with E-state index in [9.17, 15) is 9.59 Å². The number of carbonyl (C=O) groups excluding carboxylic acids is 2. The summed E-state index contributed by atoms with van der Waals surface area (Å²) < 4.78 is 0. The number of rotatable bonds is 4. The summed E-state index contributed by atoms with van der Waals surface area (Å²) in [5.74, 6) is -0.751. The molecule has 0 radical (unpaired) electrons. The normalized spacial score (nSPS) is 11.2. The highest BCUT2D eigenvalue weighted by Gasteiger charge is 2.25. The van der Waals surface area contributed by atoms with Gasteiger partial charge in [-0.2, -0.15) is 0 Å². The maximum atomic E-state index is 11.9. The number of carbonyl (C=O) groups is 2. The van der Waals surface area contributed by atoms with Crippen LogP contribution in [0.1, 0.15) is 35.6 Å². The topological polar surface area (TPSA) is 111 Å². The zero-order valence-corrected chi connectivity index (χ0v) is 10.9. The fourth-order valence-electron chi connectivity index (χ4n) is 1.47. The van der Waals surface area contributed by atoms with Gasteiger partial charge in [-0.25, -0.2) is 4.98 Å². The first-order valence-electron chi connectivity index (χ1n) is 5.05. The summed E-state index contributed by atoms with van der Waals surface area (Å²) in [4.78, 5) is 27.2. The number of hydrogen-bond acceptors (Lipinski definition) is 5. The van der Waals surface area contributed by atoms with Crippen LogP contribution in [0.2, 0.25) is 0 Å². The Bertz CT molecular complexity index is 453. The molecule has 0 aliphatic rings. The molecular weight excluding hydrogens is 240 g/mol. The van der Waals surface area contributed by atoms with Gasteiger partial charge in [-0.15, -0.1) is 0 Å². The lowest BCUT2D eigenvalue weighted by atomic mass is 10.0. The Morgan fingerprint density at radius 1 is 1.47 bits per heavy atom. The number of nitrogens with zero attached hydrogens (tertiary/aromatic N) is 1. The van der Waals surface area contributed by atoms with Crippen LogP contribution in [0.3, 0.4) is 0 Å². The molecule has 7 heteroatoms. The number of aromatic nitrogens is 1. The van der Waals surface area contributed by atoms with Crippen LogP contribution in [0.5, 0.6) is 0 Å². The Labute approximate surface area is 103 Å². The molecule has 0 saturated heterocycles. The number of anilines is 1. The molecule has 17 heavy (non-hydrogen) atoms. The SMILES string of the molecule is Cc1nc(N)sc1C(=O)NC(C)(C)CC(N)=O. The molecular formula is C10H16N4O2S. The van der Waals surface area contributed by atoms with Crippen molar-refractivity contribution in [2.75, 3.05) is 5.73 Å². The molecule has 5 N–H and O–H groups in total. The molecule has 0 fully saturated rings. The van der Waals surface area contributed by atoms with Crippen LogP contribution in [0, 0.1) is 6.92 Å². The van der Waals surface area contributed by atoms with E-state index in [1.807, 2.05) is 0 Å². The van der Waals surface area contributed by atoms with Gasteiger partial charge in [0.1, 0.15) is 4.88 Å². The molecule has 1 rings (SSSR count). The number of thiazole rings is 1. The van der Waals surface area contributed by atoms with Gasteiger partial charge in [0.2, 0.25) is 5.91 Å². The first kappa shape index (κ1) is 13.4. The second-order valence-electron chi connectivity index (χ2n) is 4.45. The third kappa shape index (κ3) is 3.70. The first-order valence-corrected chi connectivity index (χ1v) is 5.86. The molecule has 0 atom stereocenters. The van der Waals surface area contributed by atoms with Crippen molar-refractivity contribution in [2.45, 2.75) is 32.7 Å². The largest absolute Gasteiger partial charge is 0.375 e. The van der Waals surface area contributed by atoms with Crippen molar-refractivity contribution in [3.8, 4) is 0 Å². The molecule has 1 aromatic rings. The van der Waals surface area contributed by atoms with Crippen LogP contribution in [-0.2, 0) is 4.79 Å². The minimum Gasteiger partial charge on any atom is -0.375 e. The number of nitrogens with one attached hydrogen (secondary N) is 1. The third-order valence-electron chi connectivity index (χ3n) is 2.09. The van der Waals surface area contributed by atoms with Crippen LogP contribution in [0.4, 0.5) is 5.13 Å². The minimum absolute atomic E-state index is 0.0755. The van der Waals surface area contributed by atoms with E-state index < -0.39 is 11.4 Å². The van der Waals surface area contributed by atoms with Gasteiger partial charge in [0.05, 0.1) is 5.69 Å². The van der Waals surface area contributed by atoms with Gasteiger partial charge in [-0.1, -0.05) is 11.3 Å². The van der Waals surface area contributed by atoms with Gasteiger partial charge in [-0.05, 0) is 20.8 Å². The summed E-state index contributed by atoms with van der Waals surface area (Å²) in [7, 11) is 0. The van der Waals surface area contributed by atoms with Crippen LogP contribution >= 0.6 is 11.3 Å². The Kier molecular flexibility index (Phi) is 3.72. The molecule has 0 unspecified atom stereocenters. The van der Waals surface area contributed by atoms with Gasteiger partial charge in [-0.3, -0.25) is 9.59 Å². The molecule has 0 aliphatic carbocycles. The van der Waals surface area contributed by atoms with E-state index in [-0.39, 0.29) is 12.3 Å². The van der Waals surface area contributed by atoms with E-state index in [4.69, 9.17) is 11.5 Å². The molecule has 0 bridgehead atoms. The van der Waals surface area contributed by atoms with Crippen molar-refractivity contribution >= 4 is 28.3 Å². The third-order valence-corrected chi connectivity index (χ3v) is 3.07. The monoisotopic (exact) mass is 256 g/mol. The zero-order valence-electron chi connectivity index (χ0n) is 10.0. The van der Waals surface area contributed by atoms with E-state index in [1.165, 1.54) is 0 Å². The van der Waals surface area contributed by atoms with Crippen molar-refractivity contribution in [3.63, 3.8) is 0 Å². The van der Waals surface area contributed by atoms with Crippen molar-refractivity contribution < 1.29 is 9.59 Å². The quantitative estimate of drug-likeness (QED) is 0.724. The molecule has 1 heterocycles. The second-order valence-corrected chi connectivity index (χ2v) is 5.48. The summed E-state index contributed by atoms with van der Waals surface area (Å²) in [6.07, 6.45) is 0.0755. The molecule has 94 valence electrons. The number of hydrogen-bond donors (Lipinski definition) is 3. The van der Waals surface area contributed by atoms with Gasteiger partial charge >= 0.3 is 0 Å². The van der Waals surface area contributed by atoms with E-state index >= 15 is 0 Å². The predicted octanol–water partition coefficient (Wildman–Crippen LogP) is 0.418. The number of primary amides is 1. The highest BCUT2D eigenvalue weighted by atomic mass is 32.1. The second kappa shape index (κ2) is 4.70. The standard InChI is InChI=1S/C10H16N4O2S/c1-5-7(17-9(12)13-5)8(16)14-10(2,3)4-6(11)15/h4H2,1-3H3,(H2,11,15)(H2,12,13)(H,14,16). The summed E-state index contributed by atoms with van der Waals surface area (Å²) in [6, 6.07) is 0. The summed E-state index contributed by atoms with van der Waals surface area (Å²) >= 11 is 1.12. The number of aryl methyl sites for hydroxylation is 1. The van der Waals surface area contributed by atoms with Gasteiger partial charge in [0.15, 0.2) is 5.13 Å². The Morgan fingerprint density at radius 2 is 2.06 bits per heavy atom. The van der Waals surface area contributed by atoms with E-state index in [0.29, 0.717) is 15.7 Å². The molecule has 0 aliphatic heterocycles. The molecule has 0 saturated carbocycles. The maximum Gasteiger partial charge on any atom is 0.263 e. The summed E-state index contributed by atoms with van der Waals surface area (Å²) in [6.45, 7) is 5.17. The average molecular weight is 256 g/mol. The molecule has 1 aromatic heterocycles. The molecule has 0 aromatic carbocycles. The van der Waals surface area contributed by atoms with E-state index in [2.05, 4.69) is 10.3 Å². The highest BCUT2D eigenvalue weighted by Crippen LogP contribution is 2.20. The van der Waals surface area contributed by atoms with Gasteiger partial charge in [0.25, 0.3) is 5.91 Å². The lowest BCUT2D eigenvalue weighted by molar-refractivity contribution is -0.119. The van der Waals surface area contributed by atoms with Crippen LogP contribution < -0.4 is 16.8 Å². The zero-order chi connectivity index (χ0) is 13.2. The van der Waals surface area contributed by atoms with Crippen molar-refractivity contribution in [1.82, 2.24) is 10.3 Å². The Morgan fingerprint density at radius 3 is 2.47 bits per heavy atom. The smallest absolute Gasteiger partial charge is 0.263 e. The highest BCUT2D eigenvalue weighted by molar-refractivity contribution is 7.17. The fraction of sp³-hybridized carbons (Fsp3) is 0.500. The number of nitrogen functional groups attached to an aromatic ring is 1. The van der Waals surface area contributed by atoms with Crippen LogP contribution in [0.15, 0.2) is 0 Å². The number of amides is 2. The number of nitrogens with two attached hydrogens (primary N) is 2. The molecule has 0 spiro atoms. The van der Waals surface area contributed by atoms with E-state index in [0.717, 1.165) is 11.3 Å². The van der Waals surface area contributed by atoms with Crippen molar-refractivity contribution in [2.24, 2.45) is 5.73 Å². The molecule has 6 nitrogen and oxygen atoms in total. The van der Waals surface area contributed by atoms with Crippen molar-refractivity contribution in [3.05, 3.63) is 10.6 Å². The van der Waals surface area contributed by atoms with E-state index in [1.54, 1.807) is 20.8 Å². The fourth-order valence-corrected chi connectivity index (χ4v) is 2.20. The maximum absolute atomic E-state index is 11.9. The lowest BCUT2D eigenvalue weighted by Crippen LogP contribution is -2.46. The lowest BCUT2D eigenvalue weighted by Gasteiger charge is -2.24. The van der Waals surface area contributed by atoms with Crippen LogP contribution in [-0.4, -0.2) is 22.3 Å². The Hall–Kier alpha value is -1.63. The van der Waals surface area contributed by atoms with Crippen LogP contribution in [0.25, 0.3) is 0 Å². The van der Waals surface area contributed by atoms with Gasteiger partial charge < -0.3 is 16.8 Å². The minimum atomic E-state index is -0.686. The average Bonchev–Trinajstić information content (AvgIpc) is 2.41. The summed E-state index contributed by atoms with van der Waals surface area (Å²) in [5, 5.41) is 3.08. The first-order chi connectivity index (χ1) is 7.71. The van der Waals surface area contributed by atoms with Gasteiger partial charge in [0, 0.05) is 12.0 Å².